The summed E-state index contributed by atoms with van der Waals surface area (Å²) in [5.74, 6) is 0.917. The van der Waals surface area contributed by atoms with E-state index in [1.807, 2.05) is 36.4 Å². The lowest BCUT2D eigenvalue weighted by atomic mass is 10.3. The van der Waals surface area contributed by atoms with Crippen molar-refractivity contribution in [2.45, 2.75) is 13.0 Å². The first-order valence-electron chi connectivity index (χ1n) is 5.92. The second-order valence-electron chi connectivity index (χ2n) is 3.89. The summed E-state index contributed by atoms with van der Waals surface area (Å²) >= 11 is 0. The molecule has 17 heavy (non-hydrogen) atoms. The van der Waals surface area contributed by atoms with Crippen LogP contribution in [0, 0.1) is 0 Å². The smallest absolute Gasteiger partial charge is 0.119 e. The average molecular weight is 230 g/mol. The van der Waals surface area contributed by atoms with Crippen LogP contribution in [0.5, 0.6) is 5.75 Å². The van der Waals surface area contributed by atoms with Crippen LogP contribution in [-0.2, 0) is 13.0 Å². The highest BCUT2D eigenvalue weighted by Crippen LogP contribution is 2.09. The second kappa shape index (κ2) is 6.11. The van der Waals surface area contributed by atoms with E-state index >= 15 is 0 Å². The standard InChI is InChI=1S/C14H18N2O/c15-9-8-13-5-4-10-16(13)11-12-17-14-6-2-1-3-7-14/h1-7,10H,8-9,11-12,15H2. The number of hydrogen-bond donors (Lipinski definition) is 1. The van der Waals surface area contributed by atoms with Crippen LogP contribution in [0.2, 0.25) is 0 Å². The Morgan fingerprint density at radius 1 is 1.06 bits per heavy atom. The van der Waals surface area contributed by atoms with E-state index in [-0.39, 0.29) is 0 Å². The van der Waals surface area contributed by atoms with E-state index in [0.29, 0.717) is 13.2 Å². The third-order valence-corrected chi connectivity index (χ3v) is 2.67. The molecular weight excluding hydrogens is 212 g/mol. The Balaban J connectivity index is 1.84. The van der Waals surface area contributed by atoms with Crippen molar-refractivity contribution in [3.8, 4) is 5.75 Å². The van der Waals surface area contributed by atoms with Gasteiger partial charge in [-0.15, -0.1) is 0 Å². The summed E-state index contributed by atoms with van der Waals surface area (Å²) in [6.45, 7) is 2.22. The molecule has 1 aromatic heterocycles. The molecule has 3 heteroatoms. The van der Waals surface area contributed by atoms with Gasteiger partial charge in [-0.3, -0.25) is 0 Å². The Hall–Kier alpha value is -1.74. The molecule has 0 aliphatic carbocycles. The number of para-hydroxylation sites is 1. The van der Waals surface area contributed by atoms with Crippen LogP contribution in [0.3, 0.4) is 0 Å². The van der Waals surface area contributed by atoms with E-state index in [4.69, 9.17) is 10.5 Å². The molecule has 1 heterocycles. The van der Waals surface area contributed by atoms with Gasteiger partial charge in [0.25, 0.3) is 0 Å². The minimum absolute atomic E-state index is 0.677. The van der Waals surface area contributed by atoms with Gasteiger partial charge < -0.3 is 15.0 Å². The first-order valence-corrected chi connectivity index (χ1v) is 5.92. The van der Waals surface area contributed by atoms with Gasteiger partial charge in [-0.1, -0.05) is 18.2 Å². The SMILES string of the molecule is NCCc1cccn1CCOc1ccccc1. The molecule has 0 atom stereocenters. The predicted molar refractivity (Wildman–Crippen MR) is 69.1 cm³/mol. The lowest BCUT2D eigenvalue weighted by molar-refractivity contribution is 0.297. The van der Waals surface area contributed by atoms with Gasteiger partial charge in [-0.2, -0.15) is 0 Å². The minimum atomic E-state index is 0.677. The summed E-state index contributed by atoms with van der Waals surface area (Å²) in [7, 11) is 0. The first kappa shape index (κ1) is 11.7. The van der Waals surface area contributed by atoms with Gasteiger partial charge >= 0.3 is 0 Å². The van der Waals surface area contributed by atoms with Crippen molar-refractivity contribution < 1.29 is 4.74 Å². The number of benzene rings is 1. The number of nitrogens with zero attached hydrogens (tertiary/aromatic N) is 1. The van der Waals surface area contributed by atoms with E-state index in [0.717, 1.165) is 18.7 Å². The molecule has 0 fully saturated rings. The van der Waals surface area contributed by atoms with Crippen molar-refractivity contribution >= 4 is 0 Å². The maximum atomic E-state index is 5.66. The Morgan fingerprint density at radius 3 is 2.65 bits per heavy atom. The molecular formula is C14H18N2O. The number of aromatic nitrogens is 1. The van der Waals surface area contributed by atoms with Gasteiger partial charge in [-0.05, 0) is 37.2 Å². The molecule has 0 saturated carbocycles. The molecule has 0 amide bonds. The van der Waals surface area contributed by atoms with Crippen LogP contribution in [0.15, 0.2) is 48.7 Å². The predicted octanol–water partition coefficient (Wildman–Crippen LogP) is 2.07. The Bertz CT molecular complexity index is 436. The fourth-order valence-corrected chi connectivity index (χ4v) is 1.82. The lowest BCUT2D eigenvalue weighted by Crippen LogP contribution is -2.12. The zero-order valence-electron chi connectivity index (χ0n) is 9.88. The fourth-order valence-electron chi connectivity index (χ4n) is 1.82. The van der Waals surface area contributed by atoms with E-state index in [9.17, 15) is 0 Å². The highest BCUT2D eigenvalue weighted by atomic mass is 16.5. The lowest BCUT2D eigenvalue weighted by Gasteiger charge is -2.10. The summed E-state index contributed by atoms with van der Waals surface area (Å²) < 4.78 is 7.85. The van der Waals surface area contributed by atoms with E-state index < -0.39 is 0 Å². The highest BCUT2D eigenvalue weighted by Gasteiger charge is 1.99. The largest absolute Gasteiger partial charge is 0.492 e. The molecule has 0 aliphatic rings. The second-order valence-corrected chi connectivity index (χ2v) is 3.89. The van der Waals surface area contributed by atoms with Crippen LogP contribution in [0.25, 0.3) is 0 Å². The Labute approximate surface area is 102 Å². The monoisotopic (exact) mass is 230 g/mol. The van der Waals surface area contributed by atoms with Gasteiger partial charge in [0.05, 0.1) is 6.54 Å². The summed E-state index contributed by atoms with van der Waals surface area (Å²) in [5.41, 5.74) is 6.83. The van der Waals surface area contributed by atoms with Crippen LogP contribution < -0.4 is 10.5 Å². The number of ether oxygens (including phenoxy) is 1. The molecule has 0 spiro atoms. The molecule has 2 N–H and O–H groups in total. The van der Waals surface area contributed by atoms with Crippen LogP contribution in [-0.4, -0.2) is 17.7 Å². The van der Waals surface area contributed by atoms with Gasteiger partial charge in [0.1, 0.15) is 12.4 Å². The zero-order valence-corrected chi connectivity index (χ0v) is 9.88. The quantitative estimate of drug-likeness (QED) is 0.825. The number of nitrogens with two attached hydrogens (primary N) is 1. The molecule has 0 bridgehead atoms. The fraction of sp³-hybridized carbons (Fsp3) is 0.286. The summed E-state index contributed by atoms with van der Waals surface area (Å²) in [5, 5.41) is 0. The number of rotatable bonds is 6. The number of hydrogen-bond acceptors (Lipinski definition) is 2. The topological polar surface area (TPSA) is 40.2 Å². The van der Waals surface area contributed by atoms with Crippen molar-refractivity contribution in [1.82, 2.24) is 4.57 Å². The van der Waals surface area contributed by atoms with Gasteiger partial charge in [0.2, 0.25) is 0 Å². The summed E-state index contributed by atoms with van der Waals surface area (Å²) in [6.07, 6.45) is 2.98. The van der Waals surface area contributed by atoms with Gasteiger partial charge in [0.15, 0.2) is 0 Å². The molecule has 2 rings (SSSR count). The summed E-state index contributed by atoms with van der Waals surface area (Å²) in [4.78, 5) is 0. The Kier molecular flexibility index (Phi) is 4.22. The molecule has 0 aliphatic heterocycles. The molecule has 0 saturated heterocycles. The maximum Gasteiger partial charge on any atom is 0.119 e. The third kappa shape index (κ3) is 3.36. The van der Waals surface area contributed by atoms with E-state index in [2.05, 4.69) is 16.8 Å². The van der Waals surface area contributed by atoms with Crippen molar-refractivity contribution in [3.63, 3.8) is 0 Å². The Morgan fingerprint density at radius 2 is 1.88 bits per heavy atom. The minimum Gasteiger partial charge on any atom is -0.492 e. The van der Waals surface area contributed by atoms with Crippen molar-refractivity contribution in [2.24, 2.45) is 5.73 Å². The molecule has 2 aromatic rings. The van der Waals surface area contributed by atoms with Crippen LogP contribution in [0.1, 0.15) is 5.69 Å². The van der Waals surface area contributed by atoms with Crippen molar-refractivity contribution in [3.05, 3.63) is 54.4 Å². The van der Waals surface area contributed by atoms with E-state index in [1.54, 1.807) is 0 Å². The van der Waals surface area contributed by atoms with Gasteiger partial charge in [0, 0.05) is 11.9 Å². The van der Waals surface area contributed by atoms with Crippen molar-refractivity contribution in [2.75, 3.05) is 13.2 Å². The van der Waals surface area contributed by atoms with E-state index in [1.165, 1.54) is 5.69 Å². The average Bonchev–Trinajstić information content (AvgIpc) is 2.79. The highest BCUT2D eigenvalue weighted by molar-refractivity contribution is 5.20. The van der Waals surface area contributed by atoms with Gasteiger partial charge in [-0.25, -0.2) is 0 Å². The normalized spacial score (nSPS) is 10.4. The molecule has 0 unspecified atom stereocenters. The zero-order chi connectivity index (χ0) is 11.9. The first-order chi connectivity index (χ1) is 8.40. The van der Waals surface area contributed by atoms with Crippen LogP contribution in [0.4, 0.5) is 0 Å². The summed E-state index contributed by atoms with van der Waals surface area (Å²) in [6, 6.07) is 14.0. The van der Waals surface area contributed by atoms with Crippen molar-refractivity contribution in [1.29, 1.82) is 0 Å². The van der Waals surface area contributed by atoms with Crippen LogP contribution >= 0.6 is 0 Å². The maximum absolute atomic E-state index is 5.66. The molecule has 90 valence electrons. The third-order valence-electron chi connectivity index (χ3n) is 2.67. The molecule has 0 radical (unpaired) electrons. The molecule has 3 nitrogen and oxygen atoms in total. The molecule has 1 aromatic carbocycles.